The molecule has 0 amide bonds. The van der Waals surface area contributed by atoms with Gasteiger partial charge < -0.3 is 10.5 Å². The van der Waals surface area contributed by atoms with Crippen molar-refractivity contribution < 1.29 is 17.9 Å². The number of ether oxygens (including phenoxy) is 1. The van der Waals surface area contributed by atoms with E-state index in [0.717, 1.165) is 38.2 Å². The van der Waals surface area contributed by atoms with Gasteiger partial charge in [0.25, 0.3) is 0 Å². The summed E-state index contributed by atoms with van der Waals surface area (Å²) >= 11 is 0. The number of halogens is 3. The molecule has 0 radical (unpaired) electrons. The molecule has 3 atom stereocenters. The summed E-state index contributed by atoms with van der Waals surface area (Å²) in [5.74, 6) is 0.389. The maximum absolute atomic E-state index is 13.0. The first-order chi connectivity index (χ1) is 9.91. The second-order valence-corrected chi connectivity index (χ2v) is 5.78. The van der Waals surface area contributed by atoms with Crippen molar-refractivity contribution in [1.29, 1.82) is 0 Å². The van der Waals surface area contributed by atoms with Crippen LogP contribution in [0.15, 0.2) is 24.3 Å². The molecule has 1 aromatic rings. The number of benzene rings is 1. The lowest BCUT2D eigenvalue weighted by atomic mass is 9.82. The molecule has 1 aliphatic rings. The van der Waals surface area contributed by atoms with Gasteiger partial charge in [0.2, 0.25) is 0 Å². The third-order valence-electron chi connectivity index (χ3n) is 4.12. The van der Waals surface area contributed by atoms with Gasteiger partial charge in [-0.2, -0.15) is 13.2 Å². The highest BCUT2D eigenvalue weighted by molar-refractivity contribution is 5.35. The molecule has 2 nitrogen and oxygen atoms in total. The van der Waals surface area contributed by atoms with Gasteiger partial charge >= 0.3 is 6.18 Å². The van der Waals surface area contributed by atoms with Gasteiger partial charge in [-0.05, 0) is 37.3 Å². The van der Waals surface area contributed by atoms with E-state index in [1.165, 1.54) is 12.1 Å². The minimum absolute atomic E-state index is 0.109. The van der Waals surface area contributed by atoms with Gasteiger partial charge in [0.15, 0.2) is 0 Å². The Bertz CT molecular complexity index is 461. The molecule has 0 aliphatic heterocycles. The van der Waals surface area contributed by atoms with Crippen LogP contribution in [0.5, 0.6) is 5.75 Å². The van der Waals surface area contributed by atoms with E-state index in [9.17, 15) is 13.2 Å². The fourth-order valence-electron chi connectivity index (χ4n) is 3.01. The molecule has 0 saturated heterocycles. The molecule has 0 spiro atoms. The lowest BCUT2D eigenvalue weighted by Crippen LogP contribution is -2.44. The lowest BCUT2D eigenvalue weighted by Gasteiger charge is -2.34. The molecule has 1 aliphatic carbocycles. The largest absolute Gasteiger partial charge is 0.488 e. The average molecular weight is 301 g/mol. The highest BCUT2D eigenvalue weighted by Gasteiger charge is 2.36. The number of hydrogen-bond donors (Lipinski definition) is 1. The van der Waals surface area contributed by atoms with E-state index >= 15 is 0 Å². The number of nitrogens with two attached hydrogens (primary N) is 1. The molecule has 118 valence electrons. The van der Waals surface area contributed by atoms with Crippen molar-refractivity contribution in [1.82, 2.24) is 0 Å². The summed E-state index contributed by atoms with van der Waals surface area (Å²) in [4.78, 5) is 0. The van der Waals surface area contributed by atoms with Gasteiger partial charge in [0, 0.05) is 6.04 Å². The normalized spacial score (nSPS) is 26.6. The van der Waals surface area contributed by atoms with Crippen LogP contribution in [0.2, 0.25) is 0 Å². The Balaban J connectivity index is 2.13. The third-order valence-corrected chi connectivity index (χ3v) is 4.12. The molecule has 2 rings (SSSR count). The fourth-order valence-corrected chi connectivity index (χ4v) is 3.01. The minimum Gasteiger partial charge on any atom is -0.488 e. The van der Waals surface area contributed by atoms with Crippen LogP contribution >= 0.6 is 0 Å². The number of alkyl halides is 3. The van der Waals surface area contributed by atoms with Gasteiger partial charge in [0.1, 0.15) is 11.9 Å². The predicted molar refractivity (Wildman–Crippen MR) is 76.1 cm³/mol. The van der Waals surface area contributed by atoms with Crippen LogP contribution in [0.1, 0.15) is 44.6 Å². The van der Waals surface area contributed by atoms with Crippen LogP contribution in [-0.4, -0.2) is 12.1 Å². The van der Waals surface area contributed by atoms with Crippen molar-refractivity contribution in [2.75, 3.05) is 0 Å². The van der Waals surface area contributed by atoms with Gasteiger partial charge in [-0.15, -0.1) is 0 Å². The van der Waals surface area contributed by atoms with Gasteiger partial charge in [-0.3, -0.25) is 0 Å². The summed E-state index contributed by atoms with van der Waals surface area (Å²) in [7, 11) is 0. The molecule has 1 fully saturated rings. The molecular weight excluding hydrogens is 279 g/mol. The Morgan fingerprint density at radius 3 is 2.62 bits per heavy atom. The zero-order chi connectivity index (χ0) is 15.5. The van der Waals surface area contributed by atoms with Crippen LogP contribution in [0.25, 0.3) is 0 Å². The van der Waals surface area contributed by atoms with E-state index in [4.69, 9.17) is 10.5 Å². The number of rotatable bonds is 4. The van der Waals surface area contributed by atoms with E-state index in [1.54, 1.807) is 6.07 Å². The maximum Gasteiger partial charge on any atom is 0.419 e. The summed E-state index contributed by atoms with van der Waals surface area (Å²) in [6, 6.07) is 5.16. The van der Waals surface area contributed by atoms with Gasteiger partial charge in [-0.25, -0.2) is 0 Å². The lowest BCUT2D eigenvalue weighted by molar-refractivity contribution is -0.139. The summed E-state index contributed by atoms with van der Waals surface area (Å²) < 4.78 is 44.6. The van der Waals surface area contributed by atoms with E-state index < -0.39 is 11.7 Å². The first-order valence-electron chi connectivity index (χ1n) is 7.50. The van der Waals surface area contributed by atoms with Crippen molar-refractivity contribution in [3.05, 3.63) is 29.8 Å². The van der Waals surface area contributed by atoms with Crippen LogP contribution in [-0.2, 0) is 6.18 Å². The molecule has 3 unspecified atom stereocenters. The van der Waals surface area contributed by atoms with Crippen LogP contribution in [0.3, 0.4) is 0 Å². The number of hydrogen-bond acceptors (Lipinski definition) is 2. The zero-order valence-electron chi connectivity index (χ0n) is 12.2. The molecule has 0 aromatic heterocycles. The Morgan fingerprint density at radius 2 is 1.95 bits per heavy atom. The Labute approximate surface area is 123 Å². The van der Waals surface area contributed by atoms with Crippen molar-refractivity contribution in [2.45, 2.75) is 57.3 Å². The van der Waals surface area contributed by atoms with Gasteiger partial charge in [0.05, 0.1) is 5.56 Å². The Kier molecular flexibility index (Phi) is 5.14. The van der Waals surface area contributed by atoms with Crippen LogP contribution in [0, 0.1) is 5.92 Å². The summed E-state index contributed by atoms with van der Waals surface area (Å²) in [6.07, 6.45) is -0.00316. The summed E-state index contributed by atoms with van der Waals surface area (Å²) in [5, 5.41) is 0. The van der Waals surface area contributed by atoms with Crippen molar-refractivity contribution >= 4 is 0 Å². The van der Waals surface area contributed by atoms with E-state index in [1.807, 2.05) is 0 Å². The maximum atomic E-state index is 13.0. The highest BCUT2D eigenvalue weighted by atomic mass is 19.4. The van der Waals surface area contributed by atoms with Crippen molar-refractivity contribution in [3.63, 3.8) is 0 Å². The smallest absolute Gasteiger partial charge is 0.419 e. The van der Waals surface area contributed by atoms with Crippen molar-refractivity contribution in [3.8, 4) is 5.75 Å². The van der Waals surface area contributed by atoms with Crippen LogP contribution in [0.4, 0.5) is 13.2 Å². The summed E-state index contributed by atoms with van der Waals surface area (Å²) in [5.41, 5.74) is 5.31. The predicted octanol–water partition coefficient (Wildman–Crippen LogP) is 4.38. The third kappa shape index (κ3) is 4.13. The number of para-hydroxylation sites is 1. The first-order valence-corrected chi connectivity index (χ1v) is 7.50. The molecular formula is C16H22F3NO. The second-order valence-electron chi connectivity index (χ2n) is 5.78. The molecule has 0 bridgehead atoms. The first kappa shape index (κ1) is 16.1. The van der Waals surface area contributed by atoms with E-state index in [-0.39, 0.29) is 17.9 Å². The van der Waals surface area contributed by atoms with E-state index in [2.05, 4.69) is 6.92 Å². The summed E-state index contributed by atoms with van der Waals surface area (Å²) in [6.45, 7) is 2.11. The monoisotopic (exact) mass is 301 g/mol. The molecule has 21 heavy (non-hydrogen) atoms. The second kappa shape index (κ2) is 6.69. The Morgan fingerprint density at radius 1 is 1.24 bits per heavy atom. The van der Waals surface area contributed by atoms with Crippen LogP contribution < -0.4 is 10.5 Å². The van der Waals surface area contributed by atoms with E-state index in [0.29, 0.717) is 5.92 Å². The van der Waals surface area contributed by atoms with Crippen molar-refractivity contribution in [2.24, 2.45) is 11.7 Å². The standard InChI is InChI=1S/C16H22F3NO/c1-2-5-11-8-9-13(20)15(10-11)21-14-7-4-3-6-12(14)16(17,18)19/h3-4,6-7,11,13,15H,2,5,8-10,20H2,1H3. The topological polar surface area (TPSA) is 35.2 Å². The fraction of sp³-hybridized carbons (Fsp3) is 0.625. The SMILES string of the molecule is CCCC1CCC(N)C(Oc2ccccc2C(F)(F)F)C1. The quantitative estimate of drug-likeness (QED) is 0.895. The minimum atomic E-state index is -4.40. The molecule has 0 heterocycles. The molecule has 1 aromatic carbocycles. The molecule has 5 heteroatoms. The zero-order valence-corrected chi connectivity index (χ0v) is 12.2. The highest BCUT2D eigenvalue weighted by Crippen LogP contribution is 2.38. The molecule has 2 N–H and O–H groups in total. The molecule has 1 saturated carbocycles. The average Bonchev–Trinajstić information content (AvgIpc) is 2.42. The van der Waals surface area contributed by atoms with Gasteiger partial charge in [-0.1, -0.05) is 31.9 Å². The Hall–Kier alpha value is -1.23.